The highest BCUT2D eigenvalue weighted by Gasteiger charge is 2.24. The minimum atomic E-state index is -0.333. The maximum absolute atomic E-state index is 12.2. The molecule has 3 rings (SSSR count). The standard InChI is InChI=1S/C20H17Cl2NO2/c1-2-25-16(24)13-23-19(14-9-5-3-6-10-14)17(21)18(22)20(23)15-11-7-4-8-12-15/h3-12H,2,13H2,1H3. The van der Waals surface area contributed by atoms with Crippen molar-refractivity contribution in [3.05, 3.63) is 70.7 Å². The Bertz CT molecular complexity index is 811. The lowest BCUT2D eigenvalue weighted by Crippen LogP contribution is -2.15. The largest absolute Gasteiger partial charge is 0.465 e. The molecule has 0 amide bonds. The maximum atomic E-state index is 12.2. The summed E-state index contributed by atoms with van der Waals surface area (Å²) >= 11 is 13.1. The fourth-order valence-electron chi connectivity index (χ4n) is 2.81. The van der Waals surface area contributed by atoms with Crippen LogP contribution in [0.5, 0.6) is 0 Å². The molecular formula is C20H17Cl2NO2. The van der Waals surface area contributed by atoms with Gasteiger partial charge in [-0.2, -0.15) is 0 Å². The fraction of sp³-hybridized carbons (Fsp3) is 0.150. The molecule has 0 radical (unpaired) electrons. The van der Waals surface area contributed by atoms with Gasteiger partial charge in [-0.15, -0.1) is 0 Å². The Morgan fingerprint density at radius 2 is 1.32 bits per heavy atom. The van der Waals surface area contributed by atoms with E-state index in [0.29, 0.717) is 28.0 Å². The number of hydrogen-bond acceptors (Lipinski definition) is 2. The van der Waals surface area contributed by atoms with E-state index >= 15 is 0 Å². The van der Waals surface area contributed by atoms with Crippen molar-refractivity contribution >= 4 is 29.2 Å². The Morgan fingerprint density at radius 1 is 0.880 bits per heavy atom. The first-order valence-corrected chi connectivity index (χ1v) is 8.73. The summed E-state index contributed by atoms with van der Waals surface area (Å²) in [5, 5.41) is 0.854. The van der Waals surface area contributed by atoms with E-state index in [1.165, 1.54) is 0 Å². The Hall–Kier alpha value is -2.23. The van der Waals surface area contributed by atoms with Gasteiger partial charge in [0.05, 0.1) is 28.0 Å². The number of carbonyl (C=O) groups is 1. The molecule has 0 unspecified atom stereocenters. The van der Waals surface area contributed by atoms with E-state index in [0.717, 1.165) is 11.1 Å². The molecule has 3 nitrogen and oxygen atoms in total. The first-order chi connectivity index (χ1) is 12.1. The van der Waals surface area contributed by atoms with Crippen molar-refractivity contribution in [1.29, 1.82) is 0 Å². The molecule has 5 heteroatoms. The number of carbonyl (C=O) groups excluding carboxylic acids is 1. The highest BCUT2D eigenvalue weighted by molar-refractivity contribution is 6.45. The SMILES string of the molecule is CCOC(=O)Cn1c(-c2ccccc2)c(Cl)c(Cl)c1-c1ccccc1. The summed E-state index contributed by atoms with van der Waals surface area (Å²) in [6, 6.07) is 19.3. The number of aromatic nitrogens is 1. The predicted molar refractivity (Wildman–Crippen MR) is 102 cm³/mol. The Morgan fingerprint density at radius 3 is 1.72 bits per heavy atom. The van der Waals surface area contributed by atoms with Gasteiger partial charge in [0, 0.05) is 0 Å². The van der Waals surface area contributed by atoms with Crippen molar-refractivity contribution in [2.24, 2.45) is 0 Å². The number of ether oxygens (including phenoxy) is 1. The third kappa shape index (κ3) is 3.58. The van der Waals surface area contributed by atoms with Crippen LogP contribution in [-0.4, -0.2) is 17.1 Å². The number of benzene rings is 2. The van der Waals surface area contributed by atoms with Crippen LogP contribution in [0.15, 0.2) is 60.7 Å². The van der Waals surface area contributed by atoms with Gasteiger partial charge in [0.15, 0.2) is 0 Å². The zero-order valence-electron chi connectivity index (χ0n) is 13.7. The molecule has 0 bridgehead atoms. The number of esters is 1. The monoisotopic (exact) mass is 373 g/mol. The summed E-state index contributed by atoms with van der Waals surface area (Å²) < 4.78 is 6.96. The molecule has 0 atom stereocenters. The van der Waals surface area contributed by atoms with Crippen LogP contribution in [0.1, 0.15) is 6.92 Å². The van der Waals surface area contributed by atoms with Crippen molar-refractivity contribution in [1.82, 2.24) is 4.57 Å². The van der Waals surface area contributed by atoms with Crippen molar-refractivity contribution in [2.75, 3.05) is 6.61 Å². The molecule has 128 valence electrons. The molecule has 0 fully saturated rings. The van der Waals surface area contributed by atoms with E-state index in [2.05, 4.69) is 0 Å². The third-order valence-corrected chi connectivity index (χ3v) is 4.67. The average molecular weight is 374 g/mol. The number of hydrogen-bond donors (Lipinski definition) is 0. The van der Waals surface area contributed by atoms with Crippen LogP contribution in [0.2, 0.25) is 10.0 Å². The zero-order valence-corrected chi connectivity index (χ0v) is 15.2. The lowest BCUT2D eigenvalue weighted by Gasteiger charge is -2.13. The lowest BCUT2D eigenvalue weighted by molar-refractivity contribution is -0.143. The van der Waals surface area contributed by atoms with E-state index in [9.17, 15) is 4.79 Å². The molecular weight excluding hydrogens is 357 g/mol. The first kappa shape index (κ1) is 17.6. The lowest BCUT2D eigenvalue weighted by atomic mass is 10.1. The molecule has 0 N–H and O–H groups in total. The molecule has 3 aromatic rings. The first-order valence-electron chi connectivity index (χ1n) is 7.97. The van der Waals surface area contributed by atoms with Crippen LogP contribution in [0.25, 0.3) is 22.5 Å². The second-order valence-electron chi connectivity index (χ2n) is 5.45. The summed E-state index contributed by atoms with van der Waals surface area (Å²) in [4.78, 5) is 12.2. The molecule has 0 spiro atoms. The molecule has 0 aliphatic rings. The van der Waals surface area contributed by atoms with Crippen LogP contribution in [0, 0.1) is 0 Å². The van der Waals surface area contributed by atoms with Crippen LogP contribution < -0.4 is 0 Å². The van der Waals surface area contributed by atoms with Crippen molar-refractivity contribution in [3.63, 3.8) is 0 Å². The van der Waals surface area contributed by atoms with E-state index in [1.54, 1.807) is 6.92 Å². The van der Waals surface area contributed by atoms with Gasteiger partial charge in [-0.05, 0) is 18.1 Å². The fourth-order valence-corrected chi connectivity index (χ4v) is 3.41. The second kappa shape index (κ2) is 7.77. The molecule has 0 saturated carbocycles. The van der Waals surface area contributed by atoms with Gasteiger partial charge in [0.2, 0.25) is 0 Å². The highest BCUT2D eigenvalue weighted by atomic mass is 35.5. The number of nitrogens with zero attached hydrogens (tertiary/aromatic N) is 1. The van der Waals surface area contributed by atoms with Crippen LogP contribution >= 0.6 is 23.2 Å². The van der Waals surface area contributed by atoms with Crippen LogP contribution in [0.4, 0.5) is 0 Å². The molecule has 0 aliphatic carbocycles. The smallest absolute Gasteiger partial charge is 0.325 e. The normalized spacial score (nSPS) is 10.7. The van der Waals surface area contributed by atoms with Crippen LogP contribution in [0.3, 0.4) is 0 Å². The van der Waals surface area contributed by atoms with Gasteiger partial charge >= 0.3 is 5.97 Å². The summed E-state index contributed by atoms with van der Waals surface area (Å²) in [6.07, 6.45) is 0. The molecule has 1 aromatic heterocycles. The van der Waals surface area contributed by atoms with Crippen molar-refractivity contribution in [3.8, 4) is 22.5 Å². The summed E-state index contributed by atoms with van der Waals surface area (Å²) in [5.74, 6) is -0.333. The highest BCUT2D eigenvalue weighted by Crippen LogP contribution is 2.43. The van der Waals surface area contributed by atoms with Gasteiger partial charge in [0.25, 0.3) is 0 Å². The number of rotatable bonds is 5. The Kier molecular flexibility index (Phi) is 5.47. The van der Waals surface area contributed by atoms with E-state index < -0.39 is 0 Å². The minimum absolute atomic E-state index is 0.0364. The molecule has 25 heavy (non-hydrogen) atoms. The third-order valence-electron chi connectivity index (χ3n) is 3.84. The summed E-state index contributed by atoms with van der Waals surface area (Å²) in [6.45, 7) is 2.14. The van der Waals surface area contributed by atoms with Gasteiger partial charge in [-0.1, -0.05) is 83.9 Å². The van der Waals surface area contributed by atoms with Crippen molar-refractivity contribution in [2.45, 2.75) is 13.5 Å². The average Bonchev–Trinajstić information content (AvgIpc) is 2.87. The van der Waals surface area contributed by atoms with Gasteiger partial charge in [-0.25, -0.2) is 0 Å². The predicted octanol–water partition coefficient (Wildman–Crippen LogP) is 5.69. The zero-order chi connectivity index (χ0) is 17.8. The number of halogens is 2. The summed E-state index contributed by atoms with van der Waals surface area (Å²) in [7, 11) is 0. The molecule has 0 aliphatic heterocycles. The topological polar surface area (TPSA) is 31.2 Å². The quantitative estimate of drug-likeness (QED) is 0.537. The van der Waals surface area contributed by atoms with E-state index in [1.807, 2.05) is 65.2 Å². The molecule has 0 saturated heterocycles. The second-order valence-corrected chi connectivity index (χ2v) is 6.20. The minimum Gasteiger partial charge on any atom is -0.465 e. The van der Waals surface area contributed by atoms with E-state index in [-0.39, 0.29) is 12.5 Å². The van der Waals surface area contributed by atoms with Gasteiger partial charge in [-0.3, -0.25) is 4.79 Å². The van der Waals surface area contributed by atoms with Gasteiger partial charge in [0.1, 0.15) is 6.54 Å². The van der Waals surface area contributed by atoms with Crippen LogP contribution in [-0.2, 0) is 16.1 Å². The summed E-state index contributed by atoms with van der Waals surface area (Å²) in [5.41, 5.74) is 3.19. The van der Waals surface area contributed by atoms with E-state index in [4.69, 9.17) is 27.9 Å². The van der Waals surface area contributed by atoms with Gasteiger partial charge < -0.3 is 9.30 Å². The van der Waals surface area contributed by atoms with Crippen molar-refractivity contribution < 1.29 is 9.53 Å². The maximum Gasteiger partial charge on any atom is 0.325 e. The molecule has 1 heterocycles. The Labute approximate surface area is 156 Å². The Balaban J connectivity index is 2.23. The molecule has 2 aromatic carbocycles.